The molecule has 0 amide bonds. The van der Waals surface area contributed by atoms with Crippen LogP contribution in [0.1, 0.15) is 35.4 Å². The van der Waals surface area contributed by atoms with Crippen LogP contribution in [0.2, 0.25) is 19.6 Å². The second kappa shape index (κ2) is 3.97. The van der Waals surface area contributed by atoms with E-state index in [4.69, 9.17) is 9.15 Å². The van der Waals surface area contributed by atoms with Gasteiger partial charge in [-0.1, -0.05) is 38.7 Å². The quantitative estimate of drug-likeness (QED) is 0.620. The van der Waals surface area contributed by atoms with Gasteiger partial charge in [0.25, 0.3) is 0 Å². The van der Waals surface area contributed by atoms with Gasteiger partial charge in [-0.2, -0.15) is 0 Å². The van der Waals surface area contributed by atoms with E-state index >= 15 is 0 Å². The summed E-state index contributed by atoms with van der Waals surface area (Å²) in [5.74, 6) is -0.246. The molecule has 19 heavy (non-hydrogen) atoms. The van der Waals surface area contributed by atoms with E-state index in [9.17, 15) is 4.79 Å². The summed E-state index contributed by atoms with van der Waals surface area (Å²) < 4.78 is 11.4. The maximum absolute atomic E-state index is 12.0. The van der Waals surface area contributed by atoms with Gasteiger partial charge in [-0.05, 0) is 12.5 Å². The molecule has 0 N–H and O–H groups in total. The van der Waals surface area contributed by atoms with Crippen molar-refractivity contribution in [2.45, 2.75) is 39.1 Å². The topological polar surface area (TPSA) is 39.4 Å². The number of fused-ring (bicyclic) bond motifs is 3. The van der Waals surface area contributed by atoms with E-state index < -0.39 is 8.07 Å². The third kappa shape index (κ3) is 1.82. The van der Waals surface area contributed by atoms with Gasteiger partial charge in [0.05, 0.1) is 5.38 Å². The second-order valence-electron chi connectivity index (χ2n) is 6.11. The number of carbonyl (C=O) groups excluding carboxylic acids is 1. The molecule has 0 fully saturated rings. The number of cyclic esters (lactones) is 1. The zero-order chi connectivity index (χ0) is 13.8. The molecule has 0 spiro atoms. The van der Waals surface area contributed by atoms with Gasteiger partial charge in [-0.15, -0.1) is 0 Å². The van der Waals surface area contributed by atoms with Crippen LogP contribution in [0.5, 0.6) is 0 Å². The lowest BCUT2D eigenvalue weighted by Gasteiger charge is -2.10. The summed E-state index contributed by atoms with van der Waals surface area (Å²) in [6, 6.07) is 6.11. The highest BCUT2D eigenvalue weighted by atomic mass is 28.3. The van der Waals surface area contributed by atoms with E-state index in [1.54, 1.807) is 0 Å². The summed E-state index contributed by atoms with van der Waals surface area (Å²) in [5, 5.41) is 2.04. The Bertz CT molecular complexity index is 664. The molecule has 1 aliphatic heterocycles. The van der Waals surface area contributed by atoms with Crippen LogP contribution in [0.4, 0.5) is 0 Å². The zero-order valence-electron chi connectivity index (χ0n) is 11.7. The van der Waals surface area contributed by atoms with Gasteiger partial charge in [0.1, 0.15) is 25.3 Å². The summed E-state index contributed by atoms with van der Waals surface area (Å²) in [4.78, 5) is 12.0. The van der Waals surface area contributed by atoms with Crippen LogP contribution < -0.4 is 5.38 Å². The molecule has 1 atom stereocenters. The highest BCUT2D eigenvalue weighted by Crippen LogP contribution is 2.37. The number of hydrogen-bond acceptors (Lipinski definition) is 3. The second-order valence-corrected chi connectivity index (χ2v) is 11.1. The van der Waals surface area contributed by atoms with E-state index in [1.807, 2.05) is 19.1 Å². The van der Waals surface area contributed by atoms with Crippen molar-refractivity contribution < 1.29 is 13.9 Å². The molecule has 0 saturated heterocycles. The summed E-state index contributed by atoms with van der Waals surface area (Å²) in [6.07, 6.45) is 0.679. The van der Waals surface area contributed by atoms with Crippen molar-refractivity contribution >= 4 is 30.4 Å². The van der Waals surface area contributed by atoms with Crippen molar-refractivity contribution in [3.63, 3.8) is 0 Å². The smallest absolute Gasteiger partial charge is 0.343 e. The molecule has 4 heteroatoms. The molecular formula is C15H18O3Si. The van der Waals surface area contributed by atoms with Gasteiger partial charge in [-0.25, -0.2) is 4.79 Å². The maximum atomic E-state index is 12.0. The predicted molar refractivity (Wildman–Crippen MR) is 77.6 cm³/mol. The van der Waals surface area contributed by atoms with Crippen LogP contribution in [0.25, 0.3) is 11.0 Å². The molecule has 1 aromatic carbocycles. The Balaban J connectivity index is 2.26. The summed E-state index contributed by atoms with van der Waals surface area (Å²) in [7, 11) is -1.52. The van der Waals surface area contributed by atoms with Crippen LogP contribution in [0.3, 0.4) is 0 Å². The molecule has 3 nitrogen and oxygen atoms in total. The third-order valence-electron chi connectivity index (χ3n) is 3.63. The number of esters is 1. The minimum Gasteiger partial charge on any atom is -0.465 e. The van der Waals surface area contributed by atoms with E-state index in [-0.39, 0.29) is 12.1 Å². The fourth-order valence-corrected chi connectivity index (χ4v) is 3.52. The molecule has 3 rings (SSSR count). The Morgan fingerprint density at radius 2 is 2.00 bits per heavy atom. The van der Waals surface area contributed by atoms with E-state index in [0.29, 0.717) is 11.1 Å². The fourth-order valence-electron chi connectivity index (χ4n) is 2.52. The van der Waals surface area contributed by atoms with E-state index in [2.05, 4.69) is 25.7 Å². The number of carbonyl (C=O) groups is 1. The normalized spacial score (nSPS) is 18.7. The van der Waals surface area contributed by atoms with Crippen LogP contribution in [0, 0.1) is 0 Å². The van der Waals surface area contributed by atoms with Crippen LogP contribution >= 0.6 is 0 Å². The number of furan rings is 1. The van der Waals surface area contributed by atoms with Crippen LogP contribution in [0.15, 0.2) is 22.6 Å². The van der Waals surface area contributed by atoms with Crippen molar-refractivity contribution in [1.82, 2.24) is 0 Å². The van der Waals surface area contributed by atoms with Crippen molar-refractivity contribution in [2.24, 2.45) is 0 Å². The molecule has 0 saturated carbocycles. The average molecular weight is 274 g/mol. The van der Waals surface area contributed by atoms with Crippen molar-refractivity contribution in [3.05, 3.63) is 29.3 Å². The monoisotopic (exact) mass is 274 g/mol. The molecule has 1 aromatic heterocycles. The zero-order valence-corrected chi connectivity index (χ0v) is 12.7. The molecule has 2 heterocycles. The molecule has 0 radical (unpaired) electrons. The highest BCUT2D eigenvalue weighted by Gasteiger charge is 2.34. The Labute approximate surface area is 113 Å². The highest BCUT2D eigenvalue weighted by molar-refractivity contribution is 6.87. The number of hydrogen-bond donors (Lipinski definition) is 0. The molecule has 100 valence electrons. The van der Waals surface area contributed by atoms with E-state index in [0.717, 1.165) is 22.8 Å². The van der Waals surface area contributed by atoms with Crippen molar-refractivity contribution in [2.75, 3.05) is 0 Å². The molecule has 0 aliphatic carbocycles. The summed E-state index contributed by atoms with van der Waals surface area (Å²) >= 11 is 0. The van der Waals surface area contributed by atoms with Crippen LogP contribution in [-0.4, -0.2) is 14.0 Å². The SMILES string of the molecule is CC[C@@H]1OC(=O)c2c1ccc1cc([Si](C)(C)C)oc21. The summed E-state index contributed by atoms with van der Waals surface area (Å²) in [5.41, 5.74) is 2.31. The number of rotatable bonds is 2. The first-order valence-corrected chi connectivity index (χ1v) is 10.2. The lowest BCUT2D eigenvalue weighted by Crippen LogP contribution is -2.36. The van der Waals surface area contributed by atoms with Gasteiger partial charge >= 0.3 is 5.97 Å². The van der Waals surface area contributed by atoms with Gasteiger partial charge in [-0.3, -0.25) is 0 Å². The van der Waals surface area contributed by atoms with Gasteiger partial charge < -0.3 is 9.15 Å². The Morgan fingerprint density at radius 1 is 1.26 bits per heavy atom. The predicted octanol–water partition coefficient (Wildman–Crippen LogP) is 3.60. The molecule has 1 aliphatic rings. The molecule has 2 aromatic rings. The minimum atomic E-state index is -1.52. The maximum Gasteiger partial charge on any atom is 0.343 e. The first-order chi connectivity index (χ1) is 8.91. The van der Waals surface area contributed by atoms with Gasteiger partial charge in [0, 0.05) is 10.9 Å². The Morgan fingerprint density at radius 3 is 2.63 bits per heavy atom. The molecular weight excluding hydrogens is 256 g/mol. The standard InChI is InChI=1S/C15H18O3Si/c1-5-11-10-7-6-9-8-12(19(2,3)4)18-14(9)13(10)15(16)17-11/h6-8,11H,5H2,1-4H3/t11-/m0/s1. The lowest BCUT2D eigenvalue weighted by atomic mass is 10.0. The van der Waals surface area contributed by atoms with Gasteiger partial charge in [0.2, 0.25) is 0 Å². The first kappa shape index (κ1) is 12.5. The molecule has 0 bridgehead atoms. The number of benzene rings is 1. The Hall–Kier alpha value is -1.55. The average Bonchev–Trinajstić information content (AvgIpc) is 2.89. The van der Waals surface area contributed by atoms with Gasteiger partial charge in [0.15, 0.2) is 0 Å². The lowest BCUT2D eigenvalue weighted by molar-refractivity contribution is 0.0379. The third-order valence-corrected chi connectivity index (χ3v) is 5.35. The summed E-state index contributed by atoms with van der Waals surface area (Å²) in [6.45, 7) is 8.72. The number of ether oxygens (including phenoxy) is 1. The minimum absolute atomic E-state index is 0.118. The molecule has 0 unspecified atom stereocenters. The fraction of sp³-hybridized carbons (Fsp3) is 0.400. The van der Waals surface area contributed by atoms with Crippen molar-refractivity contribution in [3.8, 4) is 0 Å². The van der Waals surface area contributed by atoms with Crippen LogP contribution in [-0.2, 0) is 4.74 Å². The van der Waals surface area contributed by atoms with Crippen molar-refractivity contribution in [1.29, 1.82) is 0 Å². The van der Waals surface area contributed by atoms with E-state index in [1.165, 1.54) is 0 Å². The largest absolute Gasteiger partial charge is 0.465 e. The Kier molecular flexibility index (Phi) is 2.61. The first-order valence-electron chi connectivity index (χ1n) is 6.69.